The highest BCUT2D eigenvalue weighted by Gasteiger charge is 2.25. The number of nitrogens with one attached hydrogen (secondary N) is 1. The van der Waals surface area contributed by atoms with E-state index in [2.05, 4.69) is 20.2 Å². The summed E-state index contributed by atoms with van der Waals surface area (Å²) in [5.41, 5.74) is 1.02. The van der Waals surface area contributed by atoms with Gasteiger partial charge in [-0.25, -0.2) is 4.98 Å². The van der Waals surface area contributed by atoms with Crippen LogP contribution in [0.2, 0.25) is 0 Å². The van der Waals surface area contributed by atoms with Crippen molar-refractivity contribution in [2.75, 3.05) is 13.2 Å². The maximum Gasteiger partial charge on any atom is 0.291 e. The number of carbonyl (C=O) groups is 1. The second-order valence-corrected chi connectivity index (χ2v) is 5.01. The van der Waals surface area contributed by atoms with Gasteiger partial charge in [0.05, 0.1) is 6.10 Å². The molecule has 1 amide bonds. The van der Waals surface area contributed by atoms with E-state index in [1.807, 2.05) is 12.1 Å². The van der Waals surface area contributed by atoms with Crippen LogP contribution < -0.4 is 0 Å². The minimum absolute atomic E-state index is 0.0960. The number of aromatic amines is 1. The molecule has 1 fully saturated rings. The Kier molecular flexibility index (Phi) is 4.20. The lowest BCUT2D eigenvalue weighted by molar-refractivity contribution is 0.0498. The first kappa shape index (κ1) is 13.7. The second kappa shape index (κ2) is 6.45. The standard InChI is InChI=1S/C14H17N5O2/c20-14(13-16-10-17-18-13)19(9-12-2-1-7-21-12)8-11-3-5-15-6-4-11/h3-6,10,12H,1-2,7-9H2,(H,16,17,18)/t12-/m1/s1. The van der Waals surface area contributed by atoms with Crippen LogP contribution in [0.1, 0.15) is 29.0 Å². The maximum atomic E-state index is 12.5. The van der Waals surface area contributed by atoms with Gasteiger partial charge in [-0.05, 0) is 30.5 Å². The van der Waals surface area contributed by atoms with Gasteiger partial charge in [-0.15, -0.1) is 0 Å². The van der Waals surface area contributed by atoms with Crippen LogP contribution in [0.25, 0.3) is 0 Å². The molecular weight excluding hydrogens is 270 g/mol. The molecule has 1 N–H and O–H groups in total. The van der Waals surface area contributed by atoms with E-state index >= 15 is 0 Å². The largest absolute Gasteiger partial charge is 0.376 e. The van der Waals surface area contributed by atoms with Gasteiger partial charge < -0.3 is 9.64 Å². The number of aromatic nitrogens is 4. The highest BCUT2D eigenvalue weighted by atomic mass is 16.5. The third kappa shape index (κ3) is 3.43. The average Bonchev–Trinajstić information content (AvgIpc) is 3.20. The van der Waals surface area contributed by atoms with Crippen molar-refractivity contribution in [3.05, 3.63) is 42.2 Å². The minimum atomic E-state index is -0.167. The number of hydrogen-bond acceptors (Lipinski definition) is 5. The van der Waals surface area contributed by atoms with E-state index in [0.29, 0.717) is 13.1 Å². The smallest absolute Gasteiger partial charge is 0.291 e. The van der Waals surface area contributed by atoms with Crippen molar-refractivity contribution in [1.29, 1.82) is 0 Å². The van der Waals surface area contributed by atoms with Crippen molar-refractivity contribution in [2.24, 2.45) is 0 Å². The van der Waals surface area contributed by atoms with Crippen LogP contribution in [0.5, 0.6) is 0 Å². The quantitative estimate of drug-likeness (QED) is 0.887. The number of rotatable bonds is 5. The van der Waals surface area contributed by atoms with Crippen LogP contribution in [0, 0.1) is 0 Å². The summed E-state index contributed by atoms with van der Waals surface area (Å²) in [6.07, 6.45) is 6.90. The number of hydrogen-bond donors (Lipinski definition) is 1. The fourth-order valence-corrected chi connectivity index (χ4v) is 2.42. The predicted molar refractivity (Wildman–Crippen MR) is 74.3 cm³/mol. The molecule has 2 aromatic heterocycles. The van der Waals surface area contributed by atoms with Gasteiger partial charge >= 0.3 is 0 Å². The van der Waals surface area contributed by atoms with Gasteiger partial charge in [0.2, 0.25) is 5.82 Å². The minimum Gasteiger partial charge on any atom is -0.376 e. The monoisotopic (exact) mass is 287 g/mol. The lowest BCUT2D eigenvalue weighted by Crippen LogP contribution is -2.37. The molecular formula is C14H17N5O2. The molecule has 7 nitrogen and oxygen atoms in total. The summed E-state index contributed by atoms with van der Waals surface area (Å²) in [6.45, 7) is 1.83. The Bertz CT molecular complexity index is 566. The van der Waals surface area contributed by atoms with E-state index in [1.165, 1.54) is 6.33 Å². The molecule has 0 aliphatic carbocycles. The Balaban J connectivity index is 1.75. The predicted octanol–water partition coefficient (Wildman–Crippen LogP) is 1.02. The van der Waals surface area contributed by atoms with Crippen LogP contribution in [-0.4, -0.2) is 50.2 Å². The second-order valence-electron chi connectivity index (χ2n) is 5.01. The van der Waals surface area contributed by atoms with Gasteiger partial charge in [0.1, 0.15) is 6.33 Å². The molecule has 2 aromatic rings. The molecule has 0 radical (unpaired) electrons. The number of nitrogens with zero attached hydrogens (tertiary/aromatic N) is 4. The number of ether oxygens (including phenoxy) is 1. The Morgan fingerprint density at radius 1 is 1.43 bits per heavy atom. The van der Waals surface area contributed by atoms with Gasteiger partial charge in [-0.3, -0.25) is 14.9 Å². The van der Waals surface area contributed by atoms with Gasteiger partial charge in [0.15, 0.2) is 0 Å². The zero-order valence-corrected chi connectivity index (χ0v) is 11.6. The molecule has 0 aromatic carbocycles. The molecule has 21 heavy (non-hydrogen) atoms. The Morgan fingerprint density at radius 2 is 2.29 bits per heavy atom. The van der Waals surface area contributed by atoms with Crippen molar-refractivity contribution in [3.63, 3.8) is 0 Å². The molecule has 0 unspecified atom stereocenters. The fourth-order valence-electron chi connectivity index (χ4n) is 2.42. The van der Waals surface area contributed by atoms with Crippen molar-refractivity contribution < 1.29 is 9.53 Å². The molecule has 110 valence electrons. The van der Waals surface area contributed by atoms with E-state index < -0.39 is 0 Å². The molecule has 0 bridgehead atoms. The molecule has 1 atom stereocenters. The number of H-pyrrole nitrogens is 1. The Hall–Kier alpha value is -2.28. The Labute approximate surface area is 122 Å². The number of amides is 1. The van der Waals surface area contributed by atoms with Gasteiger partial charge in [-0.2, -0.15) is 5.10 Å². The molecule has 1 aliphatic heterocycles. The summed E-state index contributed by atoms with van der Waals surface area (Å²) in [5.74, 6) is 0.0851. The van der Waals surface area contributed by atoms with E-state index in [0.717, 1.165) is 25.0 Å². The first-order valence-corrected chi connectivity index (χ1v) is 6.98. The molecule has 1 aliphatic rings. The molecule has 3 rings (SSSR count). The molecule has 3 heterocycles. The lowest BCUT2D eigenvalue weighted by atomic mass is 10.2. The van der Waals surface area contributed by atoms with E-state index in [1.54, 1.807) is 17.3 Å². The van der Waals surface area contributed by atoms with Gasteiger partial charge in [-0.1, -0.05) is 0 Å². The molecule has 7 heteroatoms. The van der Waals surface area contributed by atoms with Crippen molar-refractivity contribution in [2.45, 2.75) is 25.5 Å². The maximum absolute atomic E-state index is 12.5. The van der Waals surface area contributed by atoms with Crippen LogP contribution in [0.3, 0.4) is 0 Å². The summed E-state index contributed by atoms with van der Waals surface area (Å²) in [6, 6.07) is 3.80. The highest BCUT2D eigenvalue weighted by molar-refractivity contribution is 5.90. The van der Waals surface area contributed by atoms with Crippen LogP contribution >= 0.6 is 0 Å². The van der Waals surface area contributed by atoms with Gasteiger partial charge in [0.25, 0.3) is 5.91 Å². The first-order valence-electron chi connectivity index (χ1n) is 6.98. The van der Waals surface area contributed by atoms with Crippen molar-refractivity contribution >= 4 is 5.91 Å². The van der Waals surface area contributed by atoms with Crippen molar-refractivity contribution in [1.82, 2.24) is 25.1 Å². The fraction of sp³-hybridized carbons (Fsp3) is 0.429. The van der Waals surface area contributed by atoms with Crippen LogP contribution in [0.4, 0.5) is 0 Å². The third-order valence-corrected chi connectivity index (χ3v) is 3.48. The summed E-state index contributed by atoms with van der Waals surface area (Å²) in [4.78, 5) is 22.2. The lowest BCUT2D eigenvalue weighted by Gasteiger charge is -2.24. The summed E-state index contributed by atoms with van der Waals surface area (Å²) in [7, 11) is 0. The SMILES string of the molecule is O=C(c1ncn[nH]1)N(Cc1ccncc1)C[C@H]1CCCO1. The van der Waals surface area contributed by atoms with E-state index in [4.69, 9.17) is 4.74 Å². The van der Waals surface area contributed by atoms with Gasteiger partial charge in [0, 0.05) is 32.1 Å². The summed E-state index contributed by atoms with van der Waals surface area (Å²) >= 11 is 0. The average molecular weight is 287 g/mol. The molecule has 0 spiro atoms. The third-order valence-electron chi connectivity index (χ3n) is 3.48. The van der Waals surface area contributed by atoms with Crippen LogP contribution in [0.15, 0.2) is 30.9 Å². The zero-order valence-electron chi connectivity index (χ0n) is 11.6. The van der Waals surface area contributed by atoms with Crippen molar-refractivity contribution in [3.8, 4) is 0 Å². The topological polar surface area (TPSA) is 84.0 Å². The number of carbonyl (C=O) groups excluding carboxylic acids is 1. The normalized spacial score (nSPS) is 17.8. The van der Waals surface area contributed by atoms with E-state index in [-0.39, 0.29) is 17.8 Å². The number of pyridine rings is 1. The summed E-state index contributed by atoms with van der Waals surface area (Å²) < 4.78 is 5.64. The Morgan fingerprint density at radius 3 is 2.95 bits per heavy atom. The summed E-state index contributed by atoms with van der Waals surface area (Å²) in [5, 5.41) is 6.36. The molecule has 0 saturated carbocycles. The zero-order chi connectivity index (χ0) is 14.5. The highest BCUT2D eigenvalue weighted by Crippen LogP contribution is 2.16. The molecule has 1 saturated heterocycles. The van der Waals surface area contributed by atoms with E-state index in [9.17, 15) is 4.79 Å². The van der Waals surface area contributed by atoms with Crippen LogP contribution in [-0.2, 0) is 11.3 Å². The first-order chi connectivity index (χ1) is 10.3.